The van der Waals surface area contributed by atoms with Crippen LogP contribution in [0.2, 0.25) is 0 Å². The van der Waals surface area contributed by atoms with Gasteiger partial charge in [0.1, 0.15) is 0 Å². The zero-order chi connectivity index (χ0) is 11.6. The van der Waals surface area contributed by atoms with E-state index in [-0.39, 0.29) is 10.6 Å². The summed E-state index contributed by atoms with van der Waals surface area (Å²) in [5.74, 6) is 0. The molecule has 0 N–H and O–H groups in total. The second-order valence-electron chi connectivity index (χ2n) is 4.43. The maximum Gasteiger partial charge on any atom is 0.217 e. The maximum atomic E-state index is 12.3. The van der Waals surface area contributed by atoms with E-state index in [4.69, 9.17) is 16.3 Å². The molecule has 2 aliphatic rings. The van der Waals surface area contributed by atoms with E-state index in [1.54, 1.807) is 4.31 Å². The van der Waals surface area contributed by atoms with Gasteiger partial charge in [-0.3, -0.25) is 0 Å². The van der Waals surface area contributed by atoms with E-state index in [0.717, 1.165) is 12.8 Å². The molecular weight excluding hydrogens is 250 g/mol. The van der Waals surface area contributed by atoms with Gasteiger partial charge in [-0.25, -0.2) is 12.7 Å². The molecule has 2 saturated heterocycles. The van der Waals surface area contributed by atoms with Crippen LogP contribution in [0.4, 0.5) is 0 Å². The van der Waals surface area contributed by atoms with Crippen LogP contribution in [0, 0.1) is 0 Å². The van der Waals surface area contributed by atoms with Gasteiger partial charge in [0.2, 0.25) is 10.0 Å². The number of sulfonamides is 1. The second-order valence-corrected chi connectivity index (χ2v) is 7.26. The SMILES string of the molecule is O=S(=O)(C1CCOCC1)N1CCC(Cl)CC1. The lowest BCUT2D eigenvalue weighted by molar-refractivity contribution is 0.0970. The quantitative estimate of drug-likeness (QED) is 0.707. The van der Waals surface area contributed by atoms with Gasteiger partial charge in [0.15, 0.2) is 0 Å². The maximum absolute atomic E-state index is 12.3. The Morgan fingerprint density at radius 2 is 1.62 bits per heavy atom. The van der Waals surface area contributed by atoms with Gasteiger partial charge in [-0.1, -0.05) is 0 Å². The molecule has 0 saturated carbocycles. The Labute approximate surface area is 102 Å². The van der Waals surface area contributed by atoms with Crippen molar-refractivity contribution < 1.29 is 13.2 Å². The Kier molecular flexibility index (Phi) is 4.11. The Morgan fingerprint density at radius 3 is 2.19 bits per heavy atom. The molecule has 0 amide bonds. The smallest absolute Gasteiger partial charge is 0.217 e. The van der Waals surface area contributed by atoms with Gasteiger partial charge in [-0.2, -0.15) is 0 Å². The topological polar surface area (TPSA) is 46.6 Å². The number of piperidine rings is 1. The predicted molar refractivity (Wildman–Crippen MR) is 63.2 cm³/mol. The van der Waals surface area contributed by atoms with Gasteiger partial charge in [0.05, 0.1) is 5.25 Å². The van der Waals surface area contributed by atoms with Crippen LogP contribution in [0.15, 0.2) is 0 Å². The average Bonchev–Trinajstić information content (AvgIpc) is 2.31. The van der Waals surface area contributed by atoms with Gasteiger partial charge in [-0.05, 0) is 25.7 Å². The van der Waals surface area contributed by atoms with Crippen molar-refractivity contribution in [2.45, 2.75) is 36.3 Å². The molecule has 2 heterocycles. The van der Waals surface area contributed by atoms with Crippen molar-refractivity contribution in [3.05, 3.63) is 0 Å². The van der Waals surface area contributed by atoms with E-state index in [1.165, 1.54) is 0 Å². The van der Waals surface area contributed by atoms with Gasteiger partial charge < -0.3 is 4.74 Å². The highest BCUT2D eigenvalue weighted by atomic mass is 35.5. The molecule has 0 aliphatic carbocycles. The van der Waals surface area contributed by atoms with Gasteiger partial charge >= 0.3 is 0 Å². The molecule has 2 aliphatic heterocycles. The Hall–Kier alpha value is 0.160. The fourth-order valence-electron chi connectivity index (χ4n) is 2.26. The number of hydrogen-bond donors (Lipinski definition) is 0. The summed E-state index contributed by atoms with van der Waals surface area (Å²) >= 11 is 5.98. The lowest BCUT2D eigenvalue weighted by Crippen LogP contribution is -2.45. The van der Waals surface area contributed by atoms with E-state index in [9.17, 15) is 8.42 Å². The molecule has 16 heavy (non-hydrogen) atoms. The Balaban J connectivity index is 2.00. The average molecular weight is 268 g/mol. The van der Waals surface area contributed by atoms with E-state index in [2.05, 4.69) is 0 Å². The van der Waals surface area contributed by atoms with E-state index >= 15 is 0 Å². The Morgan fingerprint density at radius 1 is 1.06 bits per heavy atom. The van der Waals surface area contributed by atoms with Crippen LogP contribution in [0.25, 0.3) is 0 Å². The van der Waals surface area contributed by atoms with Crippen LogP contribution >= 0.6 is 11.6 Å². The van der Waals surface area contributed by atoms with Gasteiger partial charge in [0.25, 0.3) is 0 Å². The first kappa shape index (κ1) is 12.6. The summed E-state index contributed by atoms with van der Waals surface area (Å²) < 4.78 is 31.4. The number of halogens is 1. The van der Waals surface area contributed by atoms with Gasteiger partial charge in [-0.15, -0.1) is 11.6 Å². The molecule has 2 rings (SSSR count). The fraction of sp³-hybridized carbons (Fsp3) is 1.00. The molecule has 0 radical (unpaired) electrons. The summed E-state index contributed by atoms with van der Waals surface area (Å²) in [6, 6.07) is 0. The van der Waals surface area contributed by atoms with Crippen molar-refractivity contribution in [2.24, 2.45) is 0 Å². The highest BCUT2D eigenvalue weighted by Crippen LogP contribution is 2.24. The van der Waals surface area contributed by atoms with Crippen LogP contribution in [0.5, 0.6) is 0 Å². The van der Waals surface area contributed by atoms with Crippen molar-refractivity contribution in [1.29, 1.82) is 0 Å². The molecule has 0 bridgehead atoms. The minimum absolute atomic E-state index is 0.140. The monoisotopic (exact) mass is 267 g/mol. The number of alkyl halides is 1. The minimum Gasteiger partial charge on any atom is -0.381 e. The third kappa shape index (κ3) is 2.70. The number of rotatable bonds is 2. The fourth-order valence-corrected chi connectivity index (χ4v) is 4.39. The van der Waals surface area contributed by atoms with E-state index < -0.39 is 10.0 Å². The standard InChI is InChI=1S/C10H18ClNO3S/c11-9-1-5-12(6-2-9)16(13,14)10-3-7-15-8-4-10/h9-10H,1-8H2. The molecule has 4 nitrogen and oxygen atoms in total. The summed E-state index contributed by atoms with van der Waals surface area (Å²) in [6.07, 6.45) is 2.79. The first-order valence-electron chi connectivity index (χ1n) is 5.81. The zero-order valence-electron chi connectivity index (χ0n) is 9.27. The molecule has 0 aromatic carbocycles. The third-order valence-corrected chi connectivity index (χ3v) is 6.17. The number of hydrogen-bond acceptors (Lipinski definition) is 3. The first-order chi connectivity index (χ1) is 7.60. The molecule has 0 spiro atoms. The van der Waals surface area contributed by atoms with Crippen LogP contribution < -0.4 is 0 Å². The number of ether oxygens (including phenoxy) is 1. The largest absolute Gasteiger partial charge is 0.381 e. The predicted octanol–water partition coefficient (Wildman–Crippen LogP) is 1.20. The minimum atomic E-state index is -3.11. The van der Waals surface area contributed by atoms with Crippen molar-refractivity contribution in [1.82, 2.24) is 4.31 Å². The third-order valence-electron chi connectivity index (χ3n) is 3.33. The van der Waals surface area contributed by atoms with Crippen LogP contribution in [0.1, 0.15) is 25.7 Å². The summed E-state index contributed by atoms with van der Waals surface area (Å²) in [5, 5.41) is -0.103. The summed E-state index contributed by atoms with van der Waals surface area (Å²) in [5.41, 5.74) is 0. The lowest BCUT2D eigenvalue weighted by Gasteiger charge is -2.33. The van der Waals surface area contributed by atoms with Gasteiger partial charge in [0, 0.05) is 31.7 Å². The van der Waals surface area contributed by atoms with Crippen molar-refractivity contribution in [3.63, 3.8) is 0 Å². The molecule has 6 heteroatoms. The first-order valence-corrected chi connectivity index (χ1v) is 7.75. The molecule has 0 unspecified atom stereocenters. The lowest BCUT2D eigenvalue weighted by atomic mass is 10.2. The summed E-state index contributed by atoms with van der Waals surface area (Å²) in [6.45, 7) is 2.29. The zero-order valence-corrected chi connectivity index (χ0v) is 10.8. The normalized spacial score (nSPS) is 27.1. The summed E-state index contributed by atoms with van der Waals surface area (Å²) in [7, 11) is -3.11. The van der Waals surface area contributed by atoms with Crippen molar-refractivity contribution >= 4 is 21.6 Å². The highest BCUT2D eigenvalue weighted by Gasteiger charge is 2.35. The van der Waals surface area contributed by atoms with Crippen molar-refractivity contribution in [3.8, 4) is 0 Å². The van der Waals surface area contributed by atoms with E-state index in [1.807, 2.05) is 0 Å². The summed E-state index contributed by atoms with van der Waals surface area (Å²) in [4.78, 5) is 0. The van der Waals surface area contributed by atoms with Crippen LogP contribution in [0.3, 0.4) is 0 Å². The van der Waals surface area contributed by atoms with E-state index in [0.29, 0.717) is 39.1 Å². The highest BCUT2D eigenvalue weighted by molar-refractivity contribution is 7.89. The molecule has 0 atom stereocenters. The van der Waals surface area contributed by atoms with Crippen LogP contribution in [-0.4, -0.2) is 49.7 Å². The Bertz CT molecular complexity index is 319. The van der Waals surface area contributed by atoms with Crippen LogP contribution in [-0.2, 0) is 14.8 Å². The molecule has 2 fully saturated rings. The molecule has 94 valence electrons. The second kappa shape index (κ2) is 5.21. The molecule has 0 aromatic heterocycles. The molecular formula is C10H18ClNO3S. The molecule has 0 aromatic rings. The van der Waals surface area contributed by atoms with Crippen molar-refractivity contribution in [2.75, 3.05) is 26.3 Å². The number of nitrogens with zero attached hydrogens (tertiary/aromatic N) is 1.